The number of hydrogen-bond acceptors (Lipinski definition) is 5. The maximum atomic E-state index is 13.3. The zero-order chi connectivity index (χ0) is 21.9. The van der Waals surface area contributed by atoms with Gasteiger partial charge in [-0.25, -0.2) is 8.42 Å². The topological polar surface area (TPSA) is 110 Å². The molecule has 0 aromatic heterocycles. The smallest absolute Gasteiger partial charge is 0.269 e. The normalized spacial score (nSPS) is 17.9. The van der Waals surface area contributed by atoms with Crippen LogP contribution >= 0.6 is 0 Å². The van der Waals surface area contributed by atoms with Crippen LogP contribution in [0.3, 0.4) is 0 Å². The third-order valence-corrected chi connectivity index (χ3v) is 6.71. The van der Waals surface area contributed by atoms with Crippen LogP contribution < -0.4 is 5.32 Å². The fraction of sp³-hybridized carbons (Fsp3) is 0.286. The first kappa shape index (κ1) is 21.7. The summed E-state index contributed by atoms with van der Waals surface area (Å²) >= 11 is 0. The maximum absolute atomic E-state index is 13.3. The van der Waals surface area contributed by atoms with Gasteiger partial charge in [0.05, 0.1) is 9.82 Å². The number of nitrogens with one attached hydrogen (secondary N) is 1. The van der Waals surface area contributed by atoms with Gasteiger partial charge >= 0.3 is 0 Å². The van der Waals surface area contributed by atoms with E-state index in [-0.39, 0.29) is 23.0 Å². The second kappa shape index (κ2) is 8.76. The third kappa shape index (κ3) is 4.58. The van der Waals surface area contributed by atoms with Crippen LogP contribution in [-0.4, -0.2) is 36.1 Å². The average Bonchev–Trinajstić information content (AvgIpc) is 2.88. The van der Waals surface area contributed by atoms with Crippen molar-refractivity contribution in [3.63, 3.8) is 0 Å². The molecular weight excluding hydrogens is 406 g/mol. The van der Waals surface area contributed by atoms with Crippen LogP contribution in [0.1, 0.15) is 25.8 Å². The van der Waals surface area contributed by atoms with Gasteiger partial charge in [-0.3, -0.25) is 14.9 Å². The first-order valence-corrected chi connectivity index (χ1v) is 11.0. The first-order chi connectivity index (χ1) is 14.2. The Morgan fingerprint density at radius 2 is 1.77 bits per heavy atom. The molecule has 1 atom stereocenters. The van der Waals surface area contributed by atoms with E-state index in [9.17, 15) is 23.3 Å². The molecule has 1 heterocycles. The van der Waals surface area contributed by atoms with E-state index in [1.54, 1.807) is 6.08 Å². The number of nitrogens with zero attached hydrogens (tertiary/aromatic N) is 2. The lowest BCUT2D eigenvalue weighted by Gasteiger charge is -2.28. The van der Waals surface area contributed by atoms with E-state index < -0.39 is 26.9 Å². The van der Waals surface area contributed by atoms with Gasteiger partial charge in [0.15, 0.2) is 0 Å². The van der Waals surface area contributed by atoms with Gasteiger partial charge in [0, 0.05) is 24.4 Å². The largest absolute Gasteiger partial charge is 0.324 e. The minimum Gasteiger partial charge on any atom is -0.324 e. The molecule has 0 saturated carbocycles. The van der Waals surface area contributed by atoms with Gasteiger partial charge in [0.25, 0.3) is 5.69 Å². The van der Waals surface area contributed by atoms with Crippen LogP contribution in [0.4, 0.5) is 5.69 Å². The molecule has 9 heteroatoms. The van der Waals surface area contributed by atoms with Crippen molar-refractivity contribution in [2.24, 2.45) is 5.92 Å². The number of amides is 1. The quantitative estimate of drug-likeness (QED) is 0.560. The van der Waals surface area contributed by atoms with E-state index in [4.69, 9.17) is 0 Å². The molecule has 3 rings (SSSR count). The van der Waals surface area contributed by atoms with Gasteiger partial charge in [-0.2, -0.15) is 4.31 Å². The highest BCUT2D eigenvalue weighted by Crippen LogP contribution is 2.27. The fourth-order valence-electron chi connectivity index (χ4n) is 3.33. The Hall–Kier alpha value is -3.04. The molecule has 158 valence electrons. The molecule has 0 aliphatic carbocycles. The van der Waals surface area contributed by atoms with E-state index in [2.05, 4.69) is 5.32 Å². The molecule has 2 aromatic carbocycles. The zero-order valence-electron chi connectivity index (χ0n) is 16.7. The Labute approximate surface area is 175 Å². The number of sulfonamides is 1. The highest BCUT2D eigenvalue weighted by atomic mass is 32.2. The van der Waals surface area contributed by atoms with Crippen LogP contribution in [0, 0.1) is 16.0 Å². The SMILES string of the molecule is CC(C)C[C@H]1C(=O)NC(c2ccccc2)=CCN1S(=O)(=O)c1ccc([N+](=O)[O-])cc1. The van der Waals surface area contributed by atoms with Gasteiger partial charge in [-0.15, -0.1) is 0 Å². The second-order valence-electron chi connectivity index (χ2n) is 7.44. The molecular formula is C21H23N3O5S. The van der Waals surface area contributed by atoms with Crippen molar-refractivity contribution in [3.8, 4) is 0 Å². The van der Waals surface area contributed by atoms with Crippen molar-refractivity contribution in [1.29, 1.82) is 0 Å². The van der Waals surface area contributed by atoms with Crippen molar-refractivity contribution >= 4 is 27.3 Å². The molecule has 0 saturated heterocycles. The van der Waals surface area contributed by atoms with Crippen molar-refractivity contribution in [2.75, 3.05) is 6.54 Å². The highest BCUT2D eigenvalue weighted by molar-refractivity contribution is 7.89. The molecule has 0 bridgehead atoms. The summed E-state index contributed by atoms with van der Waals surface area (Å²) < 4.78 is 27.9. The number of hydrogen-bond donors (Lipinski definition) is 1. The summed E-state index contributed by atoms with van der Waals surface area (Å²) in [4.78, 5) is 23.2. The summed E-state index contributed by atoms with van der Waals surface area (Å²) in [7, 11) is -4.06. The van der Waals surface area contributed by atoms with Crippen molar-refractivity contribution < 1.29 is 18.1 Å². The van der Waals surface area contributed by atoms with Crippen molar-refractivity contribution in [1.82, 2.24) is 9.62 Å². The van der Waals surface area contributed by atoms with Crippen LogP contribution in [0.5, 0.6) is 0 Å². The van der Waals surface area contributed by atoms with E-state index in [1.165, 1.54) is 16.4 Å². The first-order valence-electron chi connectivity index (χ1n) is 9.53. The summed E-state index contributed by atoms with van der Waals surface area (Å²) in [6.45, 7) is 3.83. The van der Waals surface area contributed by atoms with Gasteiger partial charge in [0.1, 0.15) is 6.04 Å². The van der Waals surface area contributed by atoms with E-state index in [0.717, 1.165) is 17.7 Å². The molecule has 2 aromatic rings. The Morgan fingerprint density at radius 3 is 2.33 bits per heavy atom. The van der Waals surface area contributed by atoms with Crippen molar-refractivity contribution in [2.45, 2.75) is 31.2 Å². The average molecular weight is 429 g/mol. The summed E-state index contributed by atoms with van der Waals surface area (Å²) in [5.74, 6) is -0.324. The van der Waals surface area contributed by atoms with Crippen LogP contribution in [0.15, 0.2) is 65.6 Å². The molecule has 0 unspecified atom stereocenters. The van der Waals surface area contributed by atoms with Gasteiger partial charge in [-0.05, 0) is 36.1 Å². The lowest BCUT2D eigenvalue weighted by molar-refractivity contribution is -0.384. The lowest BCUT2D eigenvalue weighted by Crippen LogP contribution is -2.48. The number of nitro groups is 1. The molecule has 1 aliphatic heterocycles. The number of rotatable bonds is 6. The Kier molecular flexibility index (Phi) is 6.33. The maximum Gasteiger partial charge on any atom is 0.269 e. The minimum atomic E-state index is -4.06. The van der Waals surface area contributed by atoms with Crippen LogP contribution in [0.2, 0.25) is 0 Å². The summed E-state index contributed by atoms with van der Waals surface area (Å²) in [6, 6.07) is 13.0. The number of carbonyl (C=O) groups is 1. The van der Waals surface area contributed by atoms with Crippen LogP contribution in [-0.2, 0) is 14.8 Å². The third-order valence-electron chi connectivity index (χ3n) is 4.82. The number of benzene rings is 2. The van der Waals surface area contributed by atoms with E-state index in [0.29, 0.717) is 12.1 Å². The molecule has 0 fully saturated rings. The molecule has 0 radical (unpaired) electrons. The lowest BCUT2D eigenvalue weighted by atomic mass is 10.0. The number of non-ortho nitro benzene ring substituents is 1. The summed E-state index contributed by atoms with van der Waals surface area (Å²) in [6.07, 6.45) is 2.02. The molecule has 1 N–H and O–H groups in total. The van der Waals surface area contributed by atoms with Crippen LogP contribution in [0.25, 0.3) is 5.70 Å². The molecule has 8 nitrogen and oxygen atoms in total. The summed E-state index contributed by atoms with van der Waals surface area (Å²) in [5, 5.41) is 13.7. The summed E-state index contributed by atoms with van der Waals surface area (Å²) in [5.41, 5.74) is 1.13. The number of nitro benzene ring substituents is 1. The Bertz CT molecular complexity index is 1060. The highest BCUT2D eigenvalue weighted by Gasteiger charge is 2.37. The van der Waals surface area contributed by atoms with E-state index in [1.807, 2.05) is 44.2 Å². The Balaban J connectivity index is 2.02. The Morgan fingerprint density at radius 1 is 1.13 bits per heavy atom. The molecule has 1 amide bonds. The monoisotopic (exact) mass is 429 g/mol. The van der Waals surface area contributed by atoms with Gasteiger partial charge < -0.3 is 5.32 Å². The van der Waals surface area contributed by atoms with Gasteiger partial charge in [-0.1, -0.05) is 44.2 Å². The minimum absolute atomic E-state index is 0.000322. The standard InChI is InChI=1S/C21H23N3O5S/c1-15(2)14-20-21(25)22-19(16-6-4-3-5-7-16)12-13-23(20)30(28,29)18-10-8-17(9-11-18)24(26)27/h3-12,15,20H,13-14H2,1-2H3,(H,22,25)/t20-/m0/s1. The molecule has 0 spiro atoms. The molecule has 30 heavy (non-hydrogen) atoms. The van der Waals surface area contributed by atoms with Gasteiger partial charge in [0.2, 0.25) is 15.9 Å². The zero-order valence-corrected chi connectivity index (χ0v) is 17.5. The predicted molar refractivity (Wildman–Crippen MR) is 113 cm³/mol. The molecule has 1 aliphatic rings. The van der Waals surface area contributed by atoms with Crippen molar-refractivity contribution in [3.05, 3.63) is 76.4 Å². The van der Waals surface area contributed by atoms with E-state index >= 15 is 0 Å². The fourth-order valence-corrected chi connectivity index (χ4v) is 4.86. The second-order valence-corrected chi connectivity index (χ2v) is 9.33. The predicted octanol–water partition coefficient (Wildman–Crippen LogP) is 3.17. The number of carbonyl (C=O) groups excluding carboxylic acids is 1.